The van der Waals surface area contributed by atoms with Gasteiger partial charge in [0.15, 0.2) is 11.5 Å². The number of amides is 1. The van der Waals surface area contributed by atoms with Crippen LogP contribution < -0.4 is 11.1 Å². The van der Waals surface area contributed by atoms with E-state index in [2.05, 4.69) is 25.5 Å². The summed E-state index contributed by atoms with van der Waals surface area (Å²) in [5, 5.41) is 20.2. The lowest BCUT2D eigenvalue weighted by Crippen LogP contribution is -2.53. The number of rotatable bonds is 8. The summed E-state index contributed by atoms with van der Waals surface area (Å²) in [7, 11) is 0. The van der Waals surface area contributed by atoms with Crippen molar-refractivity contribution >= 4 is 18.3 Å². The number of nitrogens with two attached hydrogens (primary N) is 1. The molecule has 0 aliphatic carbocycles. The molecule has 0 saturated heterocycles. The summed E-state index contributed by atoms with van der Waals surface area (Å²) in [6, 6.07) is -0.219. The molecule has 10 nitrogen and oxygen atoms in total. The van der Waals surface area contributed by atoms with Crippen LogP contribution in [0.25, 0.3) is 11.3 Å². The summed E-state index contributed by atoms with van der Waals surface area (Å²) in [5.74, 6) is -0.506. The van der Waals surface area contributed by atoms with Gasteiger partial charge in [0.2, 0.25) is 5.91 Å². The molecule has 14 heteroatoms. The molecule has 0 radical (unpaired) electrons. The van der Waals surface area contributed by atoms with Gasteiger partial charge < -0.3 is 16.2 Å². The lowest BCUT2D eigenvalue weighted by molar-refractivity contribution is -0.141. The highest BCUT2D eigenvalue weighted by Gasteiger charge is 2.36. The molecule has 0 aromatic carbocycles. The summed E-state index contributed by atoms with van der Waals surface area (Å²) in [6.45, 7) is 3.50. The van der Waals surface area contributed by atoms with Gasteiger partial charge in [-0.1, -0.05) is 0 Å². The van der Waals surface area contributed by atoms with Gasteiger partial charge in [-0.25, -0.2) is 9.97 Å². The van der Waals surface area contributed by atoms with E-state index < -0.39 is 41.9 Å². The Balaban J connectivity index is 0.00000533. The topological polar surface area (TPSA) is 137 Å². The van der Waals surface area contributed by atoms with Crippen LogP contribution in [0.2, 0.25) is 0 Å². The lowest BCUT2D eigenvalue weighted by Gasteiger charge is -2.28. The van der Waals surface area contributed by atoms with E-state index in [9.17, 15) is 23.1 Å². The van der Waals surface area contributed by atoms with Crippen LogP contribution in [-0.4, -0.2) is 52.1 Å². The van der Waals surface area contributed by atoms with E-state index in [1.807, 2.05) is 0 Å². The fourth-order valence-corrected chi connectivity index (χ4v) is 3.34. The lowest BCUT2D eigenvalue weighted by atomic mass is 10.0. The maximum absolute atomic E-state index is 13.5. The Morgan fingerprint density at radius 1 is 1.22 bits per heavy atom. The summed E-state index contributed by atoms with van der Waals surface area (Å²) >= 11 is 0. The zero-order valence-electron chi connectivity index (χ0n) is 23.0. The van der Waals surface area contributed by atoms with E-state index in [4.69, 9.17) is 9.85 Å². The summed E-state index contributed by atoms with van der Waals surface area (Å²) in [6.07, 6.45) is 0.413. The van der Waals surface area contributed by atoms with Gasteiger partial charge >= 0.3 is 6.18 Å². The van der Waals surface area contributed by atoms with Gasteiger partial charge in [-0.3, -0.25) is 14.2 Å². The van der Waals surface area contributed by atoms with Crippen LogP contribution in [0.1, 0.15) is 48.9 Å². The van der Waals surface area contributed by atoms with Crippen molar-refractivity contribution in [2.24, 2.45) is 12.7 Å². The molecule has 1 atom stereocenters. The highest BCUT2D eigenvalue weighted by Crippen LogP contribution is 2.32. The molecule has 0 fully saturated rings. The first-order valence-electron chi connectivity index (χ1n) is 12.1. The zero-order chi connectivity index (χ0) is 28.7. The predicted molar refractivity (Wildman–Crippen MR) is 128 cm³/mol. The molecule has 3 aromatic heterocycles. The molecular formula is C22H30ClF3N8O2. The maximum atomic E-state index is 13.5. The minimum absolute atomic E-state index is 0. The fraction of sp³-hybridized carbons (Fsp3) is 0.500. The van der Waals surface area contributed by atoms with Crippen molar-refractivity contribution in [1.82, 2.24) is 34.8 Å². The van der Waals surface area contributed by atoms with Gasteiger partial charge in [0.1, 0.15) is 5.60 Å². The molecule has 3 aromatic rings. The Morgan fingerprint density at radius 2 is 1.86 bits per heavy atom. The molecule has 3 heterocycles. The monoisotopic (exact) mass is 533 g/mol. The average molecular weight is 534 g/mol. The molecule has 0 spiro atoms. The molecule has 4 N–H and O–H groups in total. The van der Waals surface area contributed by atoms with Crippen LogP contribution in [0.15, 0.2) is 30.9 Å². The van der Waals surface area contributed by atoms with Crippen LogP contribution >= 0.6 is 12.4 Å². The van der Waals surface area contributed by atoms with Crippen molar-refractivity contribution in [3.8, 4) is 11.3 Å². The normalized spacial score (nSPS) is 14.9. The second-order valence-electron chi connectivity index (χ2n) is 9.40. The summed E-state index contributed by atoms with van der Waals surface area (Å²) in [4.78, 5) is 20.9. The second-order valence-corrected chi connectivity index (χ2v) is 9.40. The fourth-order valence-electron chi connectivity index (χ4n) is 3.34. The SMILES string of the molecule is Cl.[2H]C([2H])([2H])n1cc(C[C@@H](N)C(=O)NC(C)(C)Cn2nc(C(F)(F)F)cc2-c2cnc(C(C)(C)O)nc2)cn1. The number of carbonyl (C=O) groups excluding carboxylic acids is 1. The van der Waals surface area contributed by atoms with E-state index in [0.29, 0.717) is 5.56 Å². The quantitative estimate of drug-likeness (QED) is 0.403. The Kier molecular flexibility index (Phi) is 7.21. The summed E-state index contributed by atoms with van der Waals surface area (Å²) < 4.78 is 64.4. The first-order chi connectivity index (χ1) is 17.3. The number of aliphatic hydroxyl groups is 1. The van der Waals surface area contributed by atoms with E-state index in [0.717, 1.165) is 15.4 Å². The van der Waals surface area contributed by atoms with Crippen molar-refractivity contribution < 1.29 is 27.2 Å². The van der Waals surface area contributed by atoms with Crippen LogP contribution in [0, 0.1) is 0 Å². The van der Waals surface area contributed by atoms with Gasteiger partial charge in [-0.05, 0) is 45.7 Å². The van der Waals surface area contributed by atoms with Gasteiger partial charge in [-0.15, -0.1) is 12.4 Å². The molecule has 1 amide bonds. The number of nitrogens with zero attached hydrogens (tertiary/aromatic N) is 6. The van der Waals surface area contributed by atoms with Gasteiger partial charge in [0.25, 0.3) is 0 Å². The van der Waals surface area contributed by atoms with Gasteiger partial charge in [0.05, 0.1) is 30.0 Å². The number of alkyl halides is 3. The number of aromatic nitrogens is 6. The highest BCUT2D eigenvalue weighted by molar-refractivity contribution is 5.85. The largest absolute Gasteiger partial charge is 0.435 e. The van der Waals surface area contributed by atoms with Crippen molar-refractivity contribution in [2.75, 3.05) is 0 Å². The molecule has 36 heavy (non-hydrogen) atoms. The predicted octanol–water partition coefficient (Wildman–Crippen LogP) is 2.21. The van der Waals surface area contributed by atoms with Crippen LogP contribution in [0.3, 0.4) is 0 Å². The van der Waals surface area contributed by atoms with E-state index in [1.165, 1.54) is 38.6 Å². The molecule has 198 valence electrons. The number of aryl methyl sites for hydroxylation is 1. The first-order valence-corrected chi connectivity index (χ1v) is 10.6. The number of carbonyl (C=O) groups is 1. The van der Waals surface area contributed by atoms with Crippen LogP contribution in [0.4, 0.5) is 13.2 Å². The minimum Gasteiger partial charge on any atom is -0.382 e. The first kappa shape index (κ1) is 24.7. The zero-order valence-corrected chi connectivity index (χ0v) is 20.9. The van der Waals surface area contributed by atoms with E-state index in [-0.39, 0.29) is 42.5 Å². The van der Waals surface area contributed by atoms with Gasteiger partial charge in [0, 0.05) is 35.2 Å². The van der Waals surface area contributed by atoms with Crippen molar-refractivity contribution in [2.45, 2.75) is 64.0 Å². The number of halogens is 4. The van der Waals surface area contributed by atoms with E-state index in [1.54, 1.807) is 13.8 Å². The number of hydrogen-bond donors (Lipinski definition) is 3. The van der Waals surface area contributed by atoms with Gasteiger partial charge in [-0.2, -0.15) is 23.4 Å². The smallest absolute Gasteiger partial charge is 0.382 e. The molecule has 0 aliphatic rings. The third-order valence-corrected chi connectivity index (χ3v) is 5.00. The van der Waals surface area contributed by atoms with E-state index >= 15 is 0 Å². The molecular weight excluding hydrogens is 501 g/mol. The van der Waals surface area contributed by atoms with Crippen molar-refractivity contribution in [3.05, 3.63) is 47.9 Å². The molecule has 0 unspecified atom stereocenters. The molecule has 0 aliphatic heterocycles. The highest BCUT2D eigenvalue weighted by atomic mass is 35.5. The molecule has 3 rings (SSSR count). The third-order valence-electron chi connectivity index (χ3n) is 5.00. The van der Waals surface area contributed by atoms with Crippen molar-refractivity contribution in [3.63, 3.8) is 0 Å². The second kappa shape index (κ2) is 10.5. The Morgan fingerprint density at radius 3 is 2.39 bits per heavy atom. The number of nitrogens with one attached hydrogen (secondary N) is 1. The molecule has 0 saturated carbocycles. The number of hydrogen-bond acceptors (Lipinski definition) is 7. The Hall–Kier alpha value is -3.03. The van der Waals surface area contributed by atoms with Crippen molar-refractivity contribution in [1.29, 1.82) is 0 Å². The summed E-state index contributed by atoms with van der Waals surface area (Å²) in [5.41, 5.74) is 3.14. The van der Waals surface area contributed by atoms with Crippen LogP contribution in [0.5, 0.6) is 0 Å². The average Bonchev–Trinajstić information content (AvgIpc) is 3.39. The molecule has 0 bridgehead atoms. The Labute approximate surface area is 216 Å². The third kappa shape index (κ3) is 7.24. The minimum atomic E-state index is -4.72. The standard InChI is InChI=1S/C22H29F3N8O2.ClH/c1-20(2,30-18(34)15(26)6-13-8-29-32(5)11-13)12-33-16(7-17(31-33)22(23,24)25)14-9-27-19(28-10-14)21(3,4)35;/h7-11,15,35H,6,12,26H2,1-5H3,(H,30,34);1H/t15-;/m1./s1/i5D3;. The maximum Gasteiger partial charge on any atom is 0.435 e. The Bertz CT molecular complexity index is 1290. The van der Waals surface area contributed by atoms with Crippen LogP contribution in [-0.2, 0) is 36.5 Å².